The van der Waals surface area contributed by atoms with Gasteiger partial charge in [0.2, 0.25) is 0 Å². The Morgan fingerprint density at radius 3 is 3.09 bits per heavy atom. The van der Waals surface area contributed by atoms with Crippen LogP contribution in [-0.2, 0) is 13.0 Å². The van der Waals surface area contributed by atoms with Gasteiger partial charge in [-0.15, -0.1) is 11.3 Å². The third kappa shape index (κ3) is 2.04. The molecule has 0 fully saturated rings. The quantitative estimate of drug-likeness (QED) is 0.744. The van der Waals surface area contributed by atoms with Crippen molar-refractivity contribution >= 4 is 11.3 Å². The van der Waals surface area contributed by atoms with Gasteiger partial charge in [0.15, 0.2) is 0 Å². The van der Waals surface area contributed by atoms with Crippen molar-refractivity contribution in [2.24, 2.45) is 0 Å². The van der Waals surface area contributed by atoms with Gasteiger partial charge in [-0.3, -0.25) is 0 Å². The van der Waals surface area contributed by atoms with Crippen LogP contribution in [0, 0.1) is 11.3 Å². The fourth-order valence-corrected chi connectivity index (χ4v) is 1.71. The van der Waals surface area contributed by atoms with Crippen LogP contribution < -0.4 is 0 Å². The first-order chi connectivity index (χ1) is 5.38. The number of nitriles is 1. The molecule has 3 heteroatoms. The number of hydrogen-bond acceptors (Lipinski definition) is 3. The Morgan fingerprint density at radius 2 is 2.45 bits per heavy atom. The fraction of sp³-hybridized carbons (Fsp3) is 0.375. The van der Waals surface area contributed by atoms with Gasteiger partial charge in [0, 0.05) is 11.3 Å². The molecule has 1 aromatic rings. The molecule has 0 spiro atoms. The van der Waals surface area contributed by atoms with Crippen molar-refractivity contribution in [3.63, 3.8) is 0 Å². The Balaban J connectivity index is 2.62. The highest BCUT2D eigenvalue weighted by molar-refractivity contribution is 7.10. The third-order valence-corrected chi connectivity index (χ3v) is 2.44. The summed E-state index contributed by atoms with van der Waals surface area (Å²) in [4.78, 5) is 0.986. The van der Waals surface area contributed by atoms with E-state index in [0.717, 1.165) is 16.9 Å². The summed E-state index contributed by atoms with van der Waals surface area (Å²) in [6.07, 6.45) is 1.29. The molecule has 1 N–H and O–H groups in total. The monoisotopic (exact) mass is 167 g/mol. The van der Waals surface area contributed by atoms with Crippen LogP contribution in [0.4, 0.5) is 0 Å². The molecule has 0 bridgehead atoms. The van der Waals surface area contributed by atoms with E-state index in [2.05, 4.69) is 6.07 Å². The van der Waals surface area contributed by atoms with Crippen molar-refractivity contribution in [3.05, 3.63) is 21.9 Å². The summed E-state index contributed by atoms with van der Waals surface area (Å²) in [7, 11) is 0. The zero-order valence-corrected chi connectivity index (χ0v) is 6.90. The minimum atomic E-state index is 0.0957. The van der Waals surface area contributed by atoms with Gasteiger partial charge in [-0.05, 0) is 23.4 Å². The molecule has 1 heterocycles. The molecular formula is C8H9NOS. The van der Waals surface area contributed by atoms with E-state index in [4.69, 9.17) is 10.4 Å². The molecule has 0 unspecified atom stereocenters. The van der Waals surface area contributed by atoms with Crippen molar-refractivity contribution in [3.8, 4) is 6.07 Å². The predicted octanol–water partition coefficient (Wildman–Crippen LogP) is 1.70. The highest BCUT2D eigenvalue weighted by Gasteiger charge is 2.01. The summed E-state index contributed by atoms with van der Waals surface area (Å²) in [5.41, 5.74) is 1.11. The van der Waals surface area contributed by atoms with E-state index in [9.17, 15) is 0 Å². The van der Waals surface area contributed by atoms with Crippen molar-refractivity contribution < 1.29 is 5.11 Å². The number of aliphatic hydroxyl groups excluding tert-OH is 1. The van der Waals surface area contributed by atoms with E-state index < -0.39 is 0 Å². The summed E-state index contributed by atoms with van der Waals surface area (Å²) in [6, 6.07) is 4.05. The van der Waals surface area contributed by atoms with E-state index in [-0.39, 0.29) is 6.61 Å². The molecule has 0 aliphatic rings. The molecule has 0 aromatic carbocycles. The van der Waals surface area contributed by atoms with Gasteiger partial charge in [0.05, 0.1) is 12.7 Å². The summed E-state index contributed by atoms with van der Waals surface area (Å²) in [5, 5.41) is 19.1. The van der Waals surface area contributed by atoms with E-state index >= 15 is 0 Å². The third-order valence-electron chi connectivity index (χ3n) is 1.49. The van der Waals surface area contributed by atoms with Gasteiger partial charge in [-0.25, -0.2) is 0 Å². The average Bonchev–Trinajstić information content (AvgIpc) is 2.47. The summed E-state index contributed by atoms with van der Waals surface area (Å²) in [5.74, 6) is 0. The van der Waals surface area contributed by atoms with Crippen LogP contribution in [0.15, 0.2) is 11.4 Å². The van der Waals surface area contributed by atoms with Crippen molar-refractivity contribution in [1.82, 2.24) is 0 Å². The largest absolute Gasteiger partial charge is 0.391 e. The van der Waals surface area contributed by atoms with Gasteiger partial charge >= 0.3 is 0 Å². The lowest BCUT2D eigenvalue weighted by molar-refractivity contribution is 0.284. The minimum absolute atomic E-state index is 0.0957. The summed E-state index contributed by atoms with van der Waals surface area (Å²) < 4.78 is 0. The van der Waals surface area contributed by atoms with Crippen LogP contribution in [0.5, 0.6) is 0 Å². The second-order valence-electron chi connectivity index (χ2n) is 2.19. The SMILES string of the molecule is N#CCCc1ccsc1CO. The maximum atomic E-state index is 8.83. The van der Waals surface area contributed by atoms with E-state index in [0.29, 0.717) is 6.42 Å². The van der Waals surface area contributed by atoms with Crippen LogP contribution in [0.2, 0.25) is 0 Å². The van der Waals surface area contributed by atoms with E-state index in [1.807, 2.05) is 11.4 Å². The lowest BCUT2D eigenvalue weighted by atomic mass is 10.1. The van der Waals surface area contributed by atoms with Crippen LogP contribution >= 0.6 is 11.3 Å². The van der Waals surface area contributed by atoms with E-state index in [1.54, 1.807) is 11.3 Å². The van der Waals surface area contributed by atoms with Gasteiger partial charge in [0.1, 0.15) is 0 Å². The average molecular weight is 167 g/mol. The number of aliphatic hydroxyl groups is 1. The second kappa shape index (κ2) is 4.12. The Kier molecular flexibility index (Phi) is 3.09. The zero-order valence-electron chi connectivity index (χ0n) is 6.08. The second-order valence-corrected chi connectivity index (χ2v) is 3.19. The summed E-state index contributed by atoms with van der Waals surface area (Å²) in [6.45, 7) is 0.0957. The molecule has 1 aromatic heterocycles. The number of nitrogens with zero attached hydrogens (tertiary/aromatic N) is 1. The standard InChI is InChI=1S/C8H9NOS/c9-4-1-2-7-3-5-11-8(7)6-10/h3,5,10H,1-2,6H2. The highest BCUT2D eigenvalue weighted by atomic mass is 32.1. The maximum absolute atomic E-state index is 8.83. The number of rotatable bonds is 3. The first-order valence-electron chi connectivity index (χ1n) is 3.41. The van der Waals surface area contributed by atoms with Crippen molar-refractivity contribution in [1.29, 1.82) is 5.26 Å². The normalized spacial score (nSPS) is 9.45. The molecule has 0 aliphatic heterocycles. The van der Waals surface area contributed by atoms with Crippen molar-refractivity contribution in [2.45, 2.75) is 19.4 Å². The molecular weight excluding hydrogens is 158 g/mol. The first-order valence-corrected chi connectivity index (χ1v) is 4.29. The number of hydrogen-bond donors (Lipinski definition) is 1. The van der Waals surface area contributed by atoms with Crippen LogP contribution in [-0.4, -0.2) is 5.11 Å². The Hall–Kier alpha value is -0.850. The Bertz CT molecular complexity index is 261. The molecule has 0 amide bonds. The van der Waals surface area contributed by atoms with Gasteiger partial charge in [-0.2, -0.15) is 5.26 Å². The Labute approximate surface area is 69.7 Å². The van der Waals surface area contributed by atoms with Crippen molar-refractivity contribution in [2.75, 3.05) is 0 Å². The fourth-order valence-electron chi connectivity index (χ4n) is 0.919. The first kappa shape index (κ1) is 8.25. The molecule has 1 rings (SSSR count). The molecule has 0 saturated carbocycles. The predicted molar refractivity (Wildman–Crippen MR) is 44.2 cm³/mol. The molecule has 0 aliphatic carbocycles. The molecule has 0 saturated heterocycles. The molecule has 0 radical (unpaired) electrons. The highest BCUT2D eigenvalue weighted by Crippen LogP contribution is 2.17. The molecule has 58 valence electrons. The van der Waals surface area contributed by atoms with Crippen LogP contribution in [0.3, 0.4) is 0 Å². The Morgan fingerprint density at radius 1 is 1.64 bits per heavy atom. The molecule has 2 nitrogen and oxygen atoms in total. The minimum Gasteiger partial charge on any atom is -0.391 e. The summed E-state index contributed by atoms with van der Waals surface area (Å²) >= 11 is 1.54. The topological polar surface area (TPSA) is 44.0 Å². The number of thiophene rings is 1. The smallest absolute Gasteiger partial charge is 0.0777 e. The molecule has 11 heavy (non-hydrogen) atoms. The van der Waals surface area contributed by atoms with Gasteiger partial charge in [0.25, 0.3) is 0 Å². The lowest BCUT2D eigenvalue weighted by Crippen LogP contribution is -1.86. The van der Waals surface area contributed by atoms with Crippen LogP contribution in [0.1, 0.15) is 16.9 Å². The number of aryl methyl sites for hydroxylation is 1. The van der Waals surface area contributed by atoms with Gasteiger partial charge < -0.3 is 5.11 Å². The molecule has 0 atom stereocenters. The maximum Gasteiger partial charge on any atom is 0.0777 e. The lowest BCUT2D eigenvalue weighted by Gasteiger charge is -1.94. The van der Waals surface area contributed by atoms with Gasteiger partial charge in [-0.1, -0.05) is 0 Å². The van der Waals surface area contributed by atoms with Crippen LogP contribution in [0.25, 0.3) is 0 Å². The zero-order chi connectivity index (χ0) is 8.10. The van der Waals surface area contributed by atoms with E-state index in [1.165, 1.54) is 0 Å².